The average molecular weight is 411 g/mol. The molecule has 0 radical (unpaired) electrons. The molecule has 1 atom stereocenters. The molecule has 2 heterocycles. The zero-order valence-electron chi connectivity index (χ0n) is 17.5. The molecule has 2 saturated heterocycles. The first-order chi connectivity index (χ1) is 14.6. The number of carbonyl (C=O) groups excluding carboxylic acids is 1. The third-order valence-corrected chi connectivity index (χ3v) is 6.83. The van der Waals surface area contributed by atoms with E-state index in [0.717, 1.165) is 51.1 Å². The normalized spacial score (nSPS) is 24.0. The molecule has 2 aromatic carbocycles. The predicted molar refractivity (Wildman–Crippen MR) is 116 cm³/mol. The first-order valence-electron chi connectivity index (χ1n) is 10.8. The number of piperidine rings is 1. The third kappa shape index (κ3) is 3.65. The van der Waals surface area contributed by atoms with Crippen LogP contribution >= 0.6 is 0 Å². The summed E-state index contributed by atoms with van der Waals surface area (Å²) in [5.74, 6) is 1.33. The van der Waals surface area contributed by atoms with E-state index in [9.17, 15) is 4.79 Å². The maximum atomic E-state index is 13.5. The van der Waals surface area contributed by atoms with E-state index in [1.54, 1.807) is 7.11 Å². The molecule has 1 saturated carbocycles. The van der Waals surface area contributed by atoms with Gasteiger partial charge in [0, 0.05) is 24.7 Å². The number of ether oxygens (including phenoxy) is 1. The molecular formula is C24H30N2O4. The summed E-state index contributed by atoms with van der Waals surface area (Å²) in [6.07, 6.45) is 6.63. The van der Waals surface area contributed by atoms with Crippen molar-refractivity contribution in [3.05, 3.63) is 42.0 Å². The topological polar surface area (TPSA) is 70.1 Å². The van der Waals surface area contributed by atoms with Crippen molar-refractivity contribution in [2.45, 2.75) is 56.7 Å². The Morgan fingerprint density at radius 3 is 2.53 bits per heavy atom. The van der Waals surface area contributed by atoms with Crippen LogP contribution in [0.3, 0.4) is 0 Å². The van der Waals surface area contributed by atoms with Crippen LogP contribution in [-0.4, -0.2) is 59.1 Å². The van der Waals surface area contributed by atoms with E-state index in [0.29, 0.717) is 11.9 Å². The van der Waals surface area contributed by atoms with E-state index >= 15 is 0 Å². The maximum Gasteiger partial charge on any atom is 0.290 e. The molecule has 0 bridgehead atoms. The highest BCUT2D eigenvalue weighted by Gasteiger charge is 2.53. The molecule has 2 aromatic rings. The Bertz CT molecular complexity index is 927. The van der Waals surface area contributed by atoms with Gasteiger partial charge in [-0.15, -0.1) is 0 Å². The number of amides is 1. The van der Waals surface area contributed by atoms with E-state index in [1.807, 2.05) is 0 Å². The molecule has 6 heteroatoms. The Balaban J connectivity index is 0.000000687. The van der Waals surface area contributed by atoms with E-state index < -0.39 is 0 Å². The lowest BCUT2D eigenvalue weighted by Gasteiger charge is -2.45. The summed E-state index contributed by atoms with van der Waals surface area (Å²) in [6, 6.07) is 13.2. The van der Waals surface area contributed by atoms with Gasteiger partial charge in [-0.3, -0.25) is 14.5 Å². The second-order valence-corrected chi connectivity index (χ2v) is 8.46. The van der Waals surface area contributed by atoms with Gasteiger partial charge in [-0.25, -0.2) is 0 Å². The minimum absolute atomic E-state index is 0.250. The fourth-order valence-corrected chi connectivity index (χ4v) is 5.30. The highest BCUT2D eigenvalue weighted by molar-refractivity contribution is 5.89. The molecule has 1 amide bonds. The van der Waals surface area contributed by atoms with Gasteiger partial charge in [-0.2, -0.15) is 0 Å². The third-order valence-electron chi connectivity index (χ3n) is 6.83. The highest BCUT2D eigenvalue weighted by Crippen LogP contribution is 2.43. The molecule has 1 unspecified atom stereocenters. The average Bonchev–Trinajstić information content (AvgIpc) is 3.53. The minimum Gasteiger partial charge on any atom is -0.496 e. The minimum atomic E-state index is -0.289. The summed E-state index contributed by atoms with van der Waals surface area (Å²) in [5.41, 5.74) is 0.927. The van der Waals surface area contributed by atoms with Crippen LogP contribution in [0, 0.1) is 0 Å². The van der Waals surface area contributed by atoms with Crippen molar-refractivity contribution in [3.63, 3.8) is 0 Å². The van der Waals surface area contributed by atoms with Gasteiger partial charge in [-0.05, 0) is 61.9 Å². The van der Waals surface area contributed by atoms with Gasteiger partial charge in [0.1, 0.15) is 11.3 Å². The number of hydrogen-bond donors (Lipinski definition) is 1. The smallest absolute Gasteiger partial charge is 0.290 e. The summed E-state index contributed by atoms with van der Waals surface area (Å²) in [6.45, 7) is 2.49. The highest BCUT2D eigenvalue weighted by atomic mass is 16.5. The molecule has 160 valence electrons. The summed E-state index contributed by atoms with van der Waals surface area (Å²) >= 11 is 0. The Labute approximate surface area is 177 Å². The molecule has 1 N–H and O–H groups in total. The molecule has 2 aliphatic heterocycles. The molecule has 1 spiro atoms. The lowest BCUT2D eigenvalue weighted by Crippen LogP contribution is -2.60. The number of methoxy groups -OCH3 is 1. The van der Waals surface area contributed by atoms with E-state index in [1.165, 1.54) is 29.2 Å². The van der Waals surface area contributed by atoms with E-state index in [-0.39, 0.29) is 12.0 Å². The van der Waals surface area contributed by atoms with Crippen molar-refractivity contribution in [2.75, 3.05) is 20.2 Å². The Hall–Kier alpha value is -2.60. The fraction of sp³-hybridized carbons (Fsp3) is 0.500. The number of rotatable bonds is 4. The number of likely N-dealkylation sites (tertiary alicyclic amines) is 2. The second kappa shape index (κ2) is 8.64. The maximum absolute atomic E-state index is 13.5. The van der Waals surface area contributed by atoms with Crippen molar-refractivity contribution in [1.82, 2.24) is 9.80 Å². The summed E-state index contributed by atoms with van der Waals surface area (Å²) in [7, 11) is 1.74. The van der Waals surface area contributed by atoms with Crippen LogP contribution in [-0.2, 0) is 16.1 Å². The van der Waals surface area contributed by atoms with Crippen molar-refractivity contribution in [1.29, 1.82) is 0 Å². The van der Waals surface area contributed by atoms with Crippen LogP contribution < -0.4 is 4.74 Å². The van der Waals surface area contributed by atoms with Crippen molar-refractivity contribution in [2.24, 2.45) is 0 Å². The van der Waals surface area contributed by atoms with Gasteiger partial charge in [0.05, 0.1) is 7.11 Å². The van der Waals surface area contributed by atoms with E-state index in [4.69, 9.17) is 14.6 Å². The fourth-order valence-electron chi connectivity index (χ4n) is 5.30. The lowest BCUT2D eigenvalue weighted by molar-refractivity contribution is -0.148. The molecule has 5 rings (SSSR count). The van der Waals surface area contributed by atoms with Gasteiger partial charge in [0.2, 0.25) is 5.91 Å². The van der Waals surface area contributed by atoms with E-state index in [2.05, 4.69) is 46.2 Å². The van der Waals surface area contributed by atoms with Gasteiger partial charge in [0.15, 0.2) is 0 Å². The molecule has 3 aliphatic rings. The van der Waals surface area contributed by atoms with Crippen LogP contribution in [0.5, 0.6) is 5.75 Å². The zero-order valence-corrected chi connectivity index (χ0v) is 17.5. The number of carboxylic acid groups (broad SMARTS) is 1. The van der Waals surface area contributed by atoms with Crippen LogP contribution in [0.1, 0.15) is 44.1 Å². The van der Waals surface area contributed by atoms with Gasteiger partial charge in [-0.1, -0.05) is 30.3 Å². The lowest BCUT2D eigenvalue weighted by atomic mass is 9.84. The number of fused-ring (bicyclic) bond motifs is 1. The zero-order chi connectivity index (χ0) is 21.1. The molecule has 30 heavy (non-hydrogen) atoms. The second-order valence-electron chi connectivity index (χ2n) is 8.46. The van der Waals surface area contributed by atoms with Crippen LogP contribution in [0.15, 0.2) is 36.4 Å². The number of carbonyl (C=O) groups is 2. The monoisotopic (exact) mass is 410 g/mol. The molecule has 1 aliphatic carbocycles. The molecule has 6 nitrogen and oxygen atoms in total. The van der Waals surface area contributed by atoms with Crippen molar-refractivity contribution in [3.8, 4) is 5.75 Å². The SMILES string of the molecule is COc1ccc2ccccc2c1CN1CCCC12CCCN(C1CC1)C2=O.O=CO. The van der Waals surface area contributed by atoms with Crippen LogP contribution in [0.4, 0.5) is 0 Å². The Morgan fingerprint density at radius 1 is 1.13 bits per heavy atom. The van der Waals surface area contributed by atoms with Crippen molar-refractivity contribution < 1.29 is 19.4 Å². The first kappa shape index (κ1) is 20.7. The van der Waals surface area contributed by atoms with Gasteiger partial charge in [0.25, 0.3) is 6.47 Å². The van der Waals surface area contributed by atoms with Crippen LogP contribution in [0.2, 0.25) is 0 Å². The largest absolute Gasteiger partial charge is 0.496 e. The first-order valence-corrected chi connectivity index (χ1v) is 10.8. The molecule has 3 fully saturated rings. The van der Waals surface area contributed by atoms with Crippen LogP contribution in [0.25, 0.3) is 10.8 Å². The van der Waals surface area contributed by atoms with Gasteiger partial charge >= 0.3 is 0 Å². The molecular weight excluding hydrogens is 380 g/mol. The Kier molecular flexibility index (Phi) is 5.95. The number of nitrogens with zero attached hydrogens (tertiary/aromatic N) is 2. The standard InChI is InChI=1S/C23H28N2O2.CH2O2/c1-27-21-11-8-17-6-2-3-7-19(17)20(21)16-24-14-4-12-23(24)13-5-15-25(22(23)26)18-9-10-18;2-1-3/h2-3,6-8,11,18H,4-5,9-10,12-16H2,1H3;1H,(H,2,3). The van der Waals surface area contributed by atoms with Gasteiger partial charge < -0.3 is 14.7 Å². The number of benzene rings is 2. The summed E-state index contributed by atoms with van der Waals surface area (Å²) in [5, 5.41) is 9.36. The number of hydrogen-bond acceptors (Lipinski definition) is 4. The Morgan fingerprint density at radius 2 is 1.83 bits per heavy atom. The predicted octanol–water partition coefficient (Wildman–Crippen LogP) is 3.67. The van der Waals surface area contributed by atoms with Crippen molar-refractivity contribution >= 4 is 23.2 Å². The summed E-state index contributed by atoms with van der Waals surface area (Å²) < 4.78 is 5.71. The molecule has 0 aromatic heterocycles. The summed E-state index contributed by atoms with van der Waals surface area (Å²) in [4.78, 5) is 26.5. The quantitative estimate of drug-likeness (QED) is 0.779.